The molecule has 0 bridgehead atoms. The van der Waals surface area contributed by atoms with Crippen molar-refractivity contribution in [2.75, 3.05) is 20.1 Å². The molecule has 0 spiro atoms. The molecule has 0 aliphatic rings. The number of nitrogens with two attached hydrogens (primary N) is 1. The number of rotatable bonds is 7. The maximum atomic E-state index is 13.4. The van der Waals surface area contributed by atoms with Crippen molar-refractivity contribution in [3.8, 4) is 0 Å². The van der Waals surface area contributed by atoms with E-state index in [2.05, 4.69) is 0 Å². The summed E-state index contributed by atoms with van der Waals surface area (Å²) in [6, 6.07) is 3.57. The van der Waals surface area contributed by atoms with Gasteiger partial charge >= 0.3 is 0 Å². The first-order chi connectivity index (χ1) is 8.13. The first-order valence-electron chi connectivity index (χ1n) is 5.96. The fourth-order valence-corrected chi connectivity index (χ4v) is 1.74. The first kappa shape index (κ1) is 14.1. The van der Waals surface area contributed by atoms with Crippen LogP contribution in [0.4, 0.5) is 8.78 Å². The zero-order valence-electron chi connectivity index (χ0n) is 10.3. The van der Waals surface area contributed by atoms with E-state index in [1.54, 1.807) is 0 Å². The molecule has 0 saturated heterocycles. The summed E-state index contributed by atoms with van der Waals surface area (Å²) in [5.74, 6) is -0.738. The summed E-state index contributed by atoms with van der Waals surface area (Å²) in [5.41, 5.74) is 5.81. The normalized spacial score (nSPS) is 11.1. The van der Waals surface area contributed by atoms with Crippen molar-refractivity contribution in [3.05, 3.63) is 35.4 Å². The average molecular weight is 242 g/mol. The topological polar surface area (TPSA) is 29.3 Å². The molecule has 1 aromatic rings. The average Bonchev–Trinajstić information content (AvgIpc) is 2.29. The quantitative estimate of drug-likeness (QED) is 0.744. The maximum absolute atomic E-state index is 13.4. The van der Waals surface area contributed by atoms with Gasteiger partial charge in [-0.05, 0) is 51.2 Å². The van der Waals surface area contributed by atoms with Gasteiger partial charge in [0.05, 0.1) is 0 Å². The van der Waals surface area contributed by atoms with Crippen LogP contribution in [-0.4, -0.2) is 25.0 Å². The molecule has 4 heteroatoms. The third kappa shape index (κ3) is 5.24. The molecular formula is C13H20F2N2. The van der Waals surface area contributed by atoms with Gasteiger partial charge in [-0.1, -0.05) is 6.42 Å². The molecule has 96 valence electrons. The zero-order chi connectivity index (χ0) is 12.7. The number of hydrogen-bond acceptors (Lipinski definition) is 2. The molecule has 0 aliphatic heterocycles. The van der Waals surface area contributed by atoms with Crippen LogP contribution in [0.25, 0.3) is 0 Å². The van der Waals surface area contributed by atoms with E-state index in [1.807, 2.05) is 11.9 Å². The Kier molecular flexibility index (Phi) is 6.08. The fourth-order valence-electron chi connectivity index (χ4n) is 1.74. The van der Waals surface area contributed by atoms with Gasteiger partial charge in [0.1, 0.15) is 11.6 Å². The highest BCUT2D eigenvalue weighted by molar-refractivity contribution is 5.18. The molecule has 0 aliphatic carbocycles. The minimum atomic E-state index is -0.391. The minimum absolute atomic E-state index is 0.347. The largest absolute Gasteiger partial charge is 0.330 e. The molecule has 1 aromatic carbocycles. The van der Waals surface area contributed by atoms with Gasteiger partial charge in [-0.15, -0.1) is 0 Å². The second kappa shape index (κ2) is 7.35. The number of nitrogens with zero attached hydrogens (tertiary/aromatic N) is 1. The van der Waals surface area contributed by atoms with E-state index < -0.39 is 5.82 Å². The van der Waals surface area contributed by atoms with Crippen LogP contribution in [0.1, 0.15) is 24.8 Å². The van der Waals surface area contributed by atoms with E-state index >= 15 is 0 Å². The minimum Gasteiger partial charge on any atom is -0.330 e. The third-order valence-corrected chi connectivity index (χ3v) is 2.69. The van der Waals surface area contributed by atoms with E-state index in [9.17, 15) is 8.78 Å². The smallest absolute Gasteiger partial charge is 0.127 e. The standard InChI is InChI=1S/C13H20F2N2/c1-17(8-4-2-3-7-16)10-11-9-12(14)5-6-13(11)15/h5-6,9H,2-4,7-8,10,16H2,1H3. The zero-order valence-corrected chi connectivity index (χ0v) is 10.3. The van der Waals surface area contributed by atoms with Crippen LogP contribution in [0, 0.1) is 11.6 Å². The van der Waals surface area contributed by atoms with Gasteiger partial charge in [-0.3, -0.25) is 0 Å². The van der Waals surface area contributed by atoms with Gasteiger partial charge in [0.2, 0.25) is 0 Å². The Morgan fingerprint density at radius 2 is 1.94 bits per heavy atom. The third-order valence-electron chi connectivity index (χ3n) is 2.69. The number of benzene rings is 1. The molecule has 0 unspecified atom stereocenters. The Labute approximate surface area is 101 Å². The van der Waals surface area contributed by atoms with Crippen molar-refractivity contribution in [3.63, 3.8) is 0 Å². The highest BCUT2D eigenvalue weighted by Gasteiger charge is 2.06. The lowest BCUT2D eigenvalue weighted by Gasteiger charge is -2.16. The van der Waals surface area contributed by atoms with Crippen molar-refractivity contribution >= 4 is 0 Å². The predicted molar refractivity (Wildman–Crippen MR) is 65.6 cm³/mol. The molecule has 0 saturated carbocycles. The van der Waals surface area contributed by atoms with Crippen LogP contribution in [-0.2, 0) is 6.54 Å². The second-order valence-corrected chi connectivity index (χ2v) is 4.32. The van der Waals surface area contributed by atoms with Crippen LogP contribution >= 0.6 is 0 Å². The summed E-state index contributed by atoms with van der Waals surface area (Å²) in [5, 5.41) is 0. The van der Waals surface area contributed by atoms with E-state index in [-0.39, 0.29) is 5.82 Å². The molecule has 2 N–H and O–H groups in total. The lowest BCUT2D eigenvalue weighted by molar-refractivity contribution is 0.312. The van der Waals surface area contributed by atoms with Crippen LogP contribution in [0.3, 0.4) is 0 Å². The molecule has 0 amide bonds. The Hall–Kier alpha value is -1.00. The van der Waals surface area contributed by atoms with Crippen LogP contribution in [0.15, 0.2) is 18.2 Å². The molecule has 0 aromatic heterocycles. The lowest BCUT2D eigenvalue weighted by Crippen LogP contribution is -2.20. The summed E-state index contributed by atoms with van der Waals surface area (Å²) in [7, 11) is 1.91. The first-order valence-corrected chi connectivity index (χ1v) is 5.96. The molecule has 0 fully saturated rings. The number of unbranched alkanes of at least 4 members (excludes halogenated alkanes) is 2. The Balaban J connectivity index is 2.39. The van der Waals surface area contributed by atoms with Crippen molar-refractivity contribution in [1.82, 2.24) is 4.90 Å². The second-order valence-electron chi connectivity index (χ2n) is 4.32. The molecule has 17 heavy (non-hydrogen) atoms. The molecular weight excluding hydrogens is 222 g/mol. The van der Waals surface area contributed by atoms with Crippen molar-refractivity contribution in [1.29, 1.82) is 0 Å². The fraction of sp³-hybridized carbons (Fsp3) is 0.538. The summed E-state index contributed by atoms with van der Waals surface area (Å²) < 4.78 is 26.3. The lowest BCUT2D eigenvalue weighted by atomic mass is 10.2. The maximum Gasteiger partial charge on any atom is 0.127 e. The SMILES string of the molecule is CN(CCCCCN)Cc1cc(F)ccc1F. The van der Waals surface area contributed by atoms with E-state index in [1.165, 1.54) is 12.1 Å². The Bertz CT molecular complexity index is 342. The van der Waals surface area contributed by atoms with Gasteiger partial charge in [0.25, 0.3) is 0 Å². The summed E-state index contributed by atoms with van der Waals surface area (Å²) >= 11 is 0. The van der Waals surface area contributed by atoms with Crippen molar-refractivity contribution < 1.29 is 8.78 Å². The van der Waals surface area contributed by atoms with Crippen LogP contribution in [0.2, 0.25) is 0 Å². The van der Waals surface area contributed by atoms with Gasteiger partial charge in [0.15, 0.2) is 0 Å². The number of hydrogen-bond donors (Lipinski definition) is 1. The number of halogens is 2. The molecule has 0 atom stereocenters. The van der Waals surface area contributed by atoms with Crippen molar-refractivity contribution in [2.24, 2.45) is 5.73 Å². The van der Waals surface area contributed by atoms with Crippen LogP contribution in [0.5, 0.6) is 0 Å². The van der Waals surface area contributed by atoms with Gasteiger partial charge in [-0.25, -0.2) is 8.78 Å². The van der Waals surface area contributed by atoms with Crippen LogP contribution < -0.4 is 5.73 Å². The summed E-state index contributed by atoms with van der Waals surface area (Å²) in [4.78, 5) is 1.99. The predicted octanol–water partition coefficient (Wildman–Crippen LogP) is 2.53. The molecule has 2 nitrogen and oxygen atoms in total. The van der Waals surface area contributed by atoms with Crippen molar-refractivity contribution in [2.45, 2.75) is 25.8 Å². The molecule has 0 heterocycles. The summed E-state index contributed by atoms with van der Waals surface area (Å²) in [6.07, 6.45) is 3.12. The van der Waals surface area contributed by atoms with E-state index in [0.717, 1.165) is 31.9 Å². The Morgan fingerprint density at radius 3 is 2.65 bits per heavy atom. The van der Waals surface area contributed by atoms with E-state index in [4.69, 9.17) is 5.73 Å². The molecule has 0 radical (unpaired) electrons. The molecule has 1 rings (SSSR count). The van der Waals surface area contributed by atoms with Gasteiger partial charge < -0.3 is 10.6 Å². The van der Waals surface area contributed by atoms with Gasteiger partial charge in [-0.2, -0.15) is 0 Å². The highest BCUT2D eigenvalue weighted by atomic mass is 19.1. The summed E-state index contributed by atoms with van der Waals surface area (Å²) in [6.45, 7) is 2.02. The van der Waals surface area contributed by atoms with E-state index in [0.29, 0.717) is 18.7 Å². The monoisotopic (exact) mass is 242 g/mol. The Morgan fingerprint density at radius 1 is 1.18 bits per heavy atom. The van der Waals surface area contributed by atoms with Gasteiger partial charge in [0, 0.05) is 12.1 Å². The highest BCUT2D eigenvalue weighted by Crippen LogP contribution is 2.12.